The van der Waals surface area contributed by atoms with Crippen molar-refractivity contribution in [3.05, 3.63) is 0 Å². The van der Waals surface area contributed by atoms with E-state index in [9.17, 15) is 10.2 Å². The molecule has 3 aliphatic rings. The molecular formula is C16H32N4O3S. The van der Waals surface area contributed by atoms with Gasteiger partial charge in [0.25, 0.3) is 0 Å². The van der Waals surface area contributed by atoms with E-state index in [1.54, 1.807) is 18.7 Å². The van der Waals surface area contributed by atoms with E-state index in [-0.39, 0.29) is 18.4 Å². The maximum Gasteiger partial charge on any atom is 0.141 e. The summed E-state index contributed by atoms with van der Waals surface area (Å²) in [5.41, 5.74) is -1.21. The van der Waals surface area contributed by atoms with Crippen molar-refractivity contribution in [2.75, 3.05) is 38.8 Å². The molecule has 0 aromatic heterocycles. The molecule has 3 unspecified atom stereocenters. The molecule has 8 heteroatoms. The highest BCUT2D eigenvalue weighted by molar-refractivity contribution is 7.98. The Bertz CT molecular complexity index is 442. The normalized spacial score (nSPS) is 47.2. The lowest BCUT2D eigenvalue weighted by Gasteiger charge is -2.47. The smallest absolute Gasteiger partial charge is 0.141 e. The van der Waals surface area contributed by atoms with Gasteiger partial charge in [-0.05, 0) is 33.2 Å². The highest BCUT2D eigenvalue weighted by Gasteiger charge is 2.57. The Labute approximate surface area is 149 Å². The molecule has 0 bridgehead atoms. The molecule has 24 heavy (non-hydrogen) atoms. The minimum atomic E-state index is -1.21. The van der Waals surface area contributed by atoms with Crippen molar-refractivity contribution in [3.8, 4) is 0 Å². The topological polar surface area (TPSA) is 80.2 Å². The lowest BCUT2D eigenvalue weighted by atomic mass is 9.95. The average Bonchev–Trinajstić information content (AvgIpc) is 3.09. The maximum atomic E-state index is 10.8. The number of hydrogen-bond donors (Lipinski definition) is 4. The second kappa shape index (κ2) is 7.36. The Morgan fingerprint density at radius 1 is 1.46 bits per heavy atom. The zero-order valence-corrected chi connectivity index (χ0v) is 15.9. The molecule has 0 aliphatic carbocycles. The number of hydrogen-bond acceptors (Lipinski definition) is 8. The van der Waals surface area contributed by atoms with E-state index in [0.29, 0.717) is 11.7 Å². The van der Waals surface area contributed by atoms with Gasteiger partial charge in [-0.15, -0.1) is 0 Å². The molecular weight excluding hydrogens is 328 g/mol. The number of aliphatic hydroxyl groups is 2. The fourth-order valence-electron chi connectivity index (χ4n) is 4.48. The molecule has 4 N–H and O–H groups in total. The summed E-state index contributed by atoms with van der Waals surface area (Å²) < 4.78 is 6.16. The summed E-state index contributed by atoms with van der Waals surface area (Å²) in [6, 6.07) is 0. The monoisotopic (exact) mass is 360 g/mol. The molecule has 7 atom stereocenters. The fourth-order valence-corrected chi connectivity index (χ4v) is 5.20. The van der Waals surface area contributed by atoms with Crippen molar-refractivity contribution in [2.45, 2.75) is 56.6 Å². The average molecular weight is 361 g/mol. The molecule has 3 saturated heterocycles. The number of fused-ring (bicyclic) bond motifs is 1. The van der Waals surface area contributed by atoms with Crippen molar-refractivity contribution in [1.82, 2.24) is 20.4 Å². The Morgan fingerprint density at radius 2 is 2.21 bits per heavy atom. The van der Waals surface area contributed by atoms with E-state index < -0.39 is 17.9 Å². The van der Waals surface area contributed by atoms with Gasteiger partial charge in [0.15, 0.2) is 0 Å². The minimum absolute atomic E-state index is 0.220. The van der Waals surface area contributed by atoms with Gasteiger partial charge in [0.1, 0.15) is 17.9 Å². The molecule has 0 spiro atoms. The van der Waals surface area contributed by atoms with E-state index in [0.717, 1.165) is 26.2 Å². The molecule has 7 nitrogen and oxygen atoms in total. The number of thioether (sulfide) groups is 1. The number of aliphatic hydroxyl groups excluding tert-OH is 1. The van der Waals surface area contributed by atoms with Gasteiger partial charge in [-0.3, -0.25) is 15.1 Å². The largest absolute Gasteiger partial charge is 0.386 e. The molecule has 0 saturated carbocycles. The Kier molecular flexibility index (Phi) is 5.78. The highest BCUT2D eigenvalue weighted by atomic mass is 32.2. The van der Waals surface area contributed by atoms with E-state index in [1.807, 2.05) is 13.3 Å². The Hall–Kier alpha value is 0.0700. The molecule has 3 rings (SSSR count). The van der Waals surface area contributed by atoms with Crippen LogP contribution in [0.5, 0.6) is 0 Å². The van der Waals surface area contributed by atoms with Gasteiger partial charge >= 0.3 is 0 Å². The molecule has 3 heterocycles. The standard InChI is InChI=1S/C16H32N4O3S/c1-5-19-9-18-13(17-3)10-6-7-20(14(10)19)15-12(21)16(2,22)11(23-15)8-24-4/h10-15,17-18,21-22H,5-9H2,1-4H3/t10?,11-,12+,13?,14?,15-,16-/m1/s1. The number of ether oxygens (including phenoxy) is 1. The first-order chi connectivity index (χ1) is 11.5. The van der Waals surface area contributed by atoms with Crippen molar-refractivity contribution in [1.29, 1.82) is 0 Å². The van der Waals surface area contributed by atoms with Crippen LogP contribution in [-0.2, 0) is 4.74 Å². The summed E-state index contributed by atoms with van der Waals surface area (Å²) >= 11 is 1.63. The van der Waals surface area contributed by atoms with Crippen molar-refractivity contribution in [3.63, 3.8) is 0 Å². The molecule has 0 aromatic carbocycles. The van der Waals surface area contributed by atoms with Crippen LogP contribution in [0.25, 0.3) is 0 Å². The number of nitrogens with one attached hydrogen (secondary N) is 2. The van der Waals surface area contributed by atoms with Gasteiger partial charge in [0.05, 0.1) is 25.1 Å². The first-order valence-electron chi connectivity index (χ1n) is 8.91. The third-order valence-corrected chi connectivity index (χ3v) is 6.58. The van der Waals surface area contributed by atoms with E-state index in [1.165, 1.54) is 0 Å². The van der Waals surface area contributed by atoms with Crippen LogP contribution in [-0.4, -0.2) is 95.2 Å². The van der Waals surface area contributed by atoms with Gasteiger partial charge < -0.3 is 20.3 Å². The van der Waals surface area contributed by atoms with Crippen molar-refractivity contribution < 1.29 is 14.9 Å². The number of rotatable bonds is 5. The van der Waals surface area contributed by atoms with E-state index in [4.69, 9.17) is 4.74 Å². The number of likely N-dealkylation sites (tertiary alicyclic amines) is 1. The maximum absolute atomic E-state index is 10.8. The highest BCUT2D eigenvalue weighted by Crippen LogP contribution is 2.40. The predicted molar refractivity (Wildman–Crippen MR) is 95.5 cm³/mol. The molecule has 0 aromatic rings. The predicted octanol–water partition coefficient (Wildman–Crippen LogP) is -0.738. The summed E-state index contributed by atoms with van der Waals surface area (Å²) in [6.07, 6.45) is 1.84. The van der Waals surface area contributed by atoms with Crippen molar-refractivity contribution >= 4 is 11.8 Å². The van der Waals surface area contributed by atoms with Crippen molar-refractivity contribution in [2.24, 2.45) is 5.92 Å². The van der Waals surface area contributed by atoms with Gasteiger partial charge in [0, 0.05) is 18.2 Å². The van der Waals surface area contributed by atoms with Crippen LogP contribution >= 0.6 is 11.8 Å². The minimum Gasteiger partial charge on any atom is -0.386 e. The van der Waals surface area contributed by atoms with Crippen LogP contribution in [0.15, 0.2) is 0 Å². The summed E-state index contributed by atoms with van der Waals surface area (Å²) in [7, 11) is 1.99. The van der Waals surface area contributed by atoms with Crippen LogP contribution in [0.1, 0.15) is 20.3 Å². The van der Waals surface area contributed by atoms with Crippen LogP contribution in [0.3, 0.4) is 0 Å². The second-order valence-electron chi connectivity index (χ2n) is 7.28. The van der Waals surface area contributed by atoms with Crippen LogP contribution in [0, 0.1) is 5.92 Å². The lowest BCUT2D eigenvalue weighted by Crippen LogP contribution is -2.66. The molecule has 0 radical (unpaired) electrons. The molecule has 0 amide bonds. The molecule has 140 valence electrons. The van der Waals surface area contributed by atoms with Crippen LogP contribution < -0.4 is 10.6 Å². The van der Waals surface area contributed by atoms with E-state index in [2.05, 4.69) is 27.4 Å². The first kappa shape index (κ1) is 18.8. The third kappa shape index (κ3) is 3.01. The zero-order chi connectivity index (χ0) is 17.5. The first-order valence-corrected chi connectivity index (χ1v) is 10.3. The molecule has 3 fully saturated rings. The summed E-state index contributed by atoms with van der Waals surface area (Å²) in [4.78, 5) is 4.65. The SMILES string of the molecule is CCN1CNC(NC)C2CCN([C@@H]3O[C@H](CSC)[C@@](C)(O)[C@H]3O)C21. The van der Waals surface area contributed by atoms with Crippen LogP contribution in [0.2, 0.25) is 0 Å². The van der Waals surface area contributed by atoms with Crippen LogP contribution in [0.4, 0.5) is 0 Å². The van der Waals surface area contributed by atoms with E-state index >= 15 is 0 Å². The Morgan fingerprint density at radius 3 is 2.83 bits per heavy atom. The summed E-state index contributed by atoms with van der Waals surface area (Å²) in [6.45, 7) is 6.48. The van der Waals surface area contributed by atoms with Gasteiger partial charge in [0.2, 0.25) is 0 Å². The van der Waals surface area contributed by atoms with Gasteiger partial charge in [-0.25, -0.2) is 0 Å². The summed E-state index contributed by atoms with van der Waals surface area (Å²) in [5.74, 6) is 1.12. The fraction of sp³-hybridized carbons (Fsp3) is 1.00. The summed E-state index contributed by atoms with van der Waals surface area (Å²) in [5, 5.41) is 28.4. The molecule has 3 aliphatic heterocycles. The quantitative estimate of drug-likeness (QED) is 0.511. The van der Waals surface area contributed by atoms with Gasteiger partial charge in [-0.1, -0.05) is 6.92 Å². The zero-order valence-electron chi connectivity index (χ0n) is 15.1. The second-order valence-corrected chi connectivity index (χ2v) is 8.19. The lowest BCUT2D eigenvalue weighted by molar-refractivity contribution is -0.134. The van der Waals surface area contributed by atoms with Gasteiger partial charge in [-0.2, -0.15) is 11.8 Å². The Balaban J connectivity index is 1.81. The third-order valence-electron chi connectivity index (χ3n) is 5.95. The number of nitrogens with zero attached hydrogens (tertiary/aromatic N) is 2.